The number of hydrogen-bond acceptors (Lipinski definition) is 3. The van der Waals surface area contributed by atoms with Gasteiger partial charge < -0.3 is 4.74 Å². The average Bonchev–Trinajstić information content (AvgIpc) is 3.83. The number of aromatic nitrogens is 3. The van der Waals surface area contributed by atoms with Crippen molar-refractivity contribution in [3.63, 3.8) is 0 Å². The predicted octanol–water partition coefficient (Wildman–Crippen LogP) is 12.7. The van der Waals surface area contributed by atoms with Gasteiger partial charge in [0.1, 0.15) is 23.0 Å². The van der Waals surface area contributed by atoms with E-state index in [2.05, 4.69) is 170 Å². The first-order chi connectivity index (χ1) is 28.3. The summed E-state index contributed by atoms with van der Waals surface area (Å²) in [5, 5.41) is 4.45. The Bertz CT molecular complexity index is 3180. The number of pyridine rings is 2. The highest BCUT2D eigenvalue weighted by Crippen LogP contribution is 2.47. The molecule has 0 unspecified atom stereocenters. The summed E-state index contributed by atoms with van der Waals surface area (Å²) in [6, 6.07) is 69.0. The first-order valence-electron chi connectivity index (χ1n) is 19.0. The van der Waals surface area contributed by atoms with E-state index in [1.165, 1.54) is 0 Å². The van der Waals surface area contributed by atoms with E-state index in [0.717, 1.165) is 83.5 Å². The fourth-order valence-electron chi connectivity index (χ4n) is 8.13. The quantitative estimate of drug-likeness (QED) is 0.153. The van der Waals surface area contributed by atoms with Crippen LogP contribution in [0.25, 0.3) is 60.8 Å². The maximum absolute atomic E-state index is 6.67. The van der Waals surface area contributed by atoms with Crippen LogP contribution in [0.1, 0.15) is 0 Å². The Morgan fingerprint density at radius 3 is 1.96 bits per heavy atom. The van der Waals surface area contributed by atoms with Crippen LogP contribution in [-0.2, 0) is 0 Å². The van der Waals surface area contributed by atoms with Gasteiger partial charge in [-0.05, 0) is 92.4 Å². The van der Waals surface area contributed by atoms with Crippen LogP contribution in [-0.4, -0.2) is 20.5 Å². The van der Waals surface area contributed by atoms with Gasteiger partial charge in [-0.25, -0.2) is 9.97 Å². The molecule has 6 heteroatoms. The first-order valence-corrected chi connectivity index (χ1v) is 19.0. The lowest BCUT2D eigenvalue weighted by atomic mass is 9.95. The summed E-state index contributed by atoms with van der Waals surface area (Å²) < 4.78 is 13.2. The summed E-state index contributed by atoms with van der Waals surface area (Å²) >= 11 is 0. The van der Waals surface area contributed by atoms with Crippen molar-refractivity contribution in [3.8, 4) is 39.6 Å². The highest BCUT2D eigenvalue weighted by atomic mass is 16.5. The molecule has 0 radical (unpaired) electrons. The average molecular weight is 732 g/mol. The van der Waals surface area contributed by atoms with Crippen molar-refractivity contribution in [2.45, 2.75) is 0 Å². The summed E-state index contributed by atoms with van der Waals surface area (Å²) in [5.41, 5.74) is 10.4. The van der Waals surface area contributed by atoms with Crippen LogP contribution in [0.4, 0.5) is 22.7 Å². The van der Waals surface area contributed by atoms with E-state index in [0.29, 0.717) is 11.5 Å². The Labute approximate surface area is 328 Å². The first kappa shape index (κ1) is 32.5. The van der Waals surface area contributed by atoms with E-state index < -0.39 is 0 Å². The van der Waals surface area contributed by atoms with Crippen LogP contribution < -0.4 is 13.9 Å². The topological polar surface area (TPSA) is 46.0 Å². The van der Waals surface area contributed by atoms with Gasteiger partial charge in [0.05, 0.1) is 28.1 Å². The largest absolute Gasteiger partial charge is 0.503 e. The smallest absolute Gasteiger partial charge is 0.457 e. The minimum Gasteiger partial charge on any atom is -0.457 e. The number of ether oxygens (including phenoxy) is 1. The molecule has 0 bridgehead atoms. The Hall–Kier alpha value is -7.92. The molecule has 0 aliphatic carbocycles. The number of hydrogen-bond donors (Lipinski definition) is 0. The third kappa shape index (κ3) is 5.51. The summed E-state index contributed by atoms with van der Waals surface area (Å²) in [7, 11) is 0. The molecule has 1 aliphatic heterocycles. The summed E-state index contributed by atoms with van der Waals surface area (Å²) in [6.45, 7) is 0. The minimum absolute atomic E-state index is 0.711. The Morgan fingerprint density at radius 2 is 1.18 bits per heavy atom. The maximum Gasteiger partial charge on any atom is 0.503 e. The van der Waals surface area contributed by atoms with Crippen molar-refractivity contribution in [1.82, 2.24) is 23.7 Å². The number of fused-ring (bicyclic) bond motifs is 6. The molecule has 1 aliphatic rings. The van der Waals surface area contributed by atoms with Crippen LogP contribution in [0.2, 0.25) is 0 Å². The summed E-state index contributed by atoms with van der Waals surface area (Å²) in [6.07, 6.45) is 3.62. The number of benzene rings is 7. The van der Waals surface area contributed by atoms with Gasteiger partial charge in [-0.2, -0.15) is 0 Å². The molecule has 0 N–H and O–H groups in total. The Kier molecular flexibility index (Phi) is 7.66. The zero-order valence-corrected chi connectivity index (χ0v) is 30.7. The van der Waals surface area contributed by atoms with Crippen molar-refractivity contribution in [3.05, 3.63) is 200 Å². The molecular weight excluding hydrogens is 699 g/mol. The van der Waals surface area contributed by atoms with Gasteiger partial charge in [0.15, 0.2) is 0 Å². The lowest BCUT2D eigenvalue weighted by molar-refractivity contribution is 0.483. The third-order valence-electron chi connectivity index (χ3n) is 10.7. The maximum atomic E-state index is 6.67. The van der Waals surface area contributed by atoms with Crippen molar-refractivity contribution >= 4 is 61.5 Å². The molecule has 0 amide bonds. The van der Waals surface area contributed by atoms with Crippen LogP contribution in [0.3, 0.4) is 0 Å². The van der Waals surface area contributed by atoms with Crippen LogP contribution in [0.5, 0.6) is 11.5 Å². The molecule has 3 aromatic heterocycles. The SMILES string of the molecule is C1=[N+](c2cccc(Oc3ccc4c5cccnc5n(-c5ccccn5)c4c3)c2)c2ccc3ccccc3c2[N+]=1c1c(-c2ccccc2)cccc1-c1ccccc1. The van der Waals surface area contributed by atoms with Crippen LogP contribution in [0.15, 0.2) is 200 Å². The van der Waals surface area contributed by atoms with Crippen molar-refractivity contribution < 1.29 is 4.74 Å². The molecule has 0 atom stereocenters. The molecule has 0 saturated heterocycles. The fourth-order valence-corrected chi connectivity index (χ4v) is 8.13. The molecule has 0 fully saturated rings. The van der Waals surface area contributed by atoms with Gasteiger partial charge in [0, 0.05) is 41.4 Å². The lowest BCUT2D eigenvalue weighted by Gasteiger charge is -2.11. The van der Waals surface area contributed by atoms with Crippen LogP contribution in [0, 0.1) is 0 Å². The standard InChI is InChI=1S/C51H33N5O/c1-3-14-35(15-4-1)41-22-12-23-42(36-16-5-2-6-17-36)49(41)55-34-54(46-29-26-37-18-7-8-21-43(37)50(46)55)38-19-11-20-39(32-38)57-40-27-28-44-45-24-13-31-53-51(45)56(47(44)33-40)48-25-9-10-30-52-48/h1-33H/q+2. The molecule has 266 valence electrons. The number of rotatable bonds is 7. The summed E-state index contributed by atoms with van der Waals surface area (Å²) in [5.74, 6) is 2.23. The molecule has 0 saturated carbocycles. The Balaban J connectivity index is 1.09. The highest BCUT2D eigenvalue weighted by Gasteiger charge is 2.41. The van der Waals surface area contributed by atoms with E-state index in [1.54, 1.807) is 6.20 Å². The Morgan fingerprint density at radius 1 is 0.474 bits per heavy atom. The molecule has 6 nitrogen and oxygen atoms in total. The molecule has 7 aromatic carbocycles. The predicted molar refractivity (Wildman–Crippen MR) is 232 cm³/mol. The second kappa shape index (κ2) is 13.4. The molecular formula is C51H33N5O+2. The monoisotopic (exact) mass is 731 g/mol. The zero-order chi connectivity index (χ0) is 37.7. The van der Waals surface area contributed by atoms with Crippen molar-refractivity contribution in [1.29, 1.82) is 0 Å². The molecule has 4 heterocycles. The zero-order valence-electron chi connectivity index (χ0n) is 30.7. The normalized spacial score (nSPS) is 12.1. The van der Waals surface area contributed by atoms with Gasteiger partial charge in [0.2, 0.25) is 11.4 Å². The molecule has 57 heavy (non-hydrogen) atoms. The van der Waals surface area contributed by atoms with E-state index in [1.807, 2.05) is 48.7 Å². The summed E-state index contributed by atoms with van der Waals surface area (Å²) in [4.78, 5) is 9.41. The highest BCUT2D eigenvalue weighted by molar-refractivity contribution is 6.08. The number of para-hydroxylation sites is 1. The van der Waals surface area contributed by atoms with E-state index >= 15 is 0 Å². The second-order valence-corrected chi connectivity index (χ2v) is 14.0. The van der Waals surface area contributed by atoms with E-state index in [4.69, 9.17) is 9.72 Å². The van der Waals surface area contributed by atoms with Gasteiger partial charge in [-0.15, -0.1) is 0 Å². The van der Waals surface area contributed by atoms with Gasteiger partial charge >= 0.3 is 11.7 Å². The second-order valence-electron chi connectivity index (χ2n) is 14.0. The minimum atomic E-state index is 0.711. The van der Waals surface area contributed by atoms with E-state index in [-0.39, 0.29) is 0 Å². The third-order valence-corrected chi connectivity index (χ3v) is 10.7. The van der Waals surface area contributed by atoms with E-state index in [9.17, 15) is 0 Å². The molecule has 11 rings (SSSR count). The lowest BCUT2D eigenvalue weighted by Crippen LogP contribution is -2.05. The van der Waals surface area contributed by atoms with Gasteiger partial charge in [-0.3, -0.25) is 4.57 Å². The van der Waals surface area contributed by atoms with Gasteiger partial charge in [-0.1, -0.05) is 97.1 Å². The molecule has 0 spiro atoms. The van der Waals surface area contributed by atoms with Crippen molar-refractivity contribution in [2.24, 2.45) is 0 Å². The fraction of sp³-hybridized carbons (Fsp3) is 0. The molecule has 10 aromatic rings. The number of nitrogens with zero attached hydrogens (tertiary/aromatic N) is 5. The van der Waals surface area contributed by atoms with Crippen LogP contribution >= 0.6 is 0 Å². The van der Waals surface area contributed by atoms with Crippen molar-refractivity contribution in [2.75, 3.05) is 0 Å². The van der Waals surface area contributed by atoms with Gasteiger partial charge in [0.25, 0.3) is 5.69 Å².